The average molecular weight is 456 g/mol. The van der Waals surface area contributed by atoms with Crippen LogP contribution in [0.2, 0.25) is 0 Å². The van der Waals surface area contributed by atoms with E-state index in [1.54, 1.807) is 23.6 Å². The Labute approximate surface area is 185 Å². The topological polar surface area (TPSA) is 98.6 Å². The van der Waals surface area contributed by atoms with Crippen LogP contribution in [0.5, 0.6) is 5.75 Å². The monoisotopic (exact) mass is 456 g/mol. The van der Waals surface area contributed by atoms with E-state index in [0.29, 0.717) is 40.3 Å². The van der Waals surface area contributed by atoms with E-state index in [4.69, 9.17) is 10.5 Å². The van der Waals surface area contributed by atoms with Gasteiger partial charge in [0.2, 0.25) is 0 Å². The molecule has 1 amide bonds. The number of likely N-dealkylation sites (N-methyl/N-ethyl adjacent to an activating group) is 1. The van der Waals surface area contributed by atoms with Gasteiger partial charge in [0, 0.05) is 12.1 Å². The van der Waals surface area contributed by atoms with Gasteiger partial charge in [0.25, 0.3) is 5.91 Å². The Bertz CT molecular complexity index is 1420. The summed E-state index contributed by atoms with van der Waals surface area (Å²) in [5.74, 6) is 0.739. The molecule has 8 nitrogen and oxygen atoms in total. The summed E-state index contributed by atoms with van der Waals surface area (Å²) >= 11 is 0. The number of nitrogens with zero attached hydrogens (tertiary/aromatic N) is 5. The maximum Gasteiger partial charge on any atom is 0.416 e. The van der Waals surface area contributed by atoms with Gasteiger partial charge in [0.15, 0.2) is 0 Å². The smallest absolute Gasteiger partial charge is 0.416 e. The Hall–Kier alpha value is -3.89. The number of aromatic nitrogens is 4. The number of anilines is 1. The first-order chi connectivity index (χ1) is 15.7. The second kappa shape index (κ2) is 7.32. The first-order valence-electron chi connectivity index (χ1n) is 10.2. The molecule has 11 heteroatoms. The number of carbonyl (C=O) groups excluding carboxylic acids is 1. The molecular formula is C22H19F3N6O2. The maximum atomic E-state index is 13.4. The van der Waals surface area contributed by atoms with E-state index in [9.17, 15) is 18.0 Å². The van der Waals surface area contributed by atoms with Crippen molar-refractivity contribution >= 4 is 28.3 Å². The van der Waals surface area contributed by atoms with Crippen LogP contribution in [0.3, 0.4) is 0 Å². The number of nitrogen functional groups attached to an aromatic ring is 1. The van der Waals surface area contributed by atoms with Crippen molar-refractivity contribution in [3.63, 3.8) is 0 Å². The lowest BCUT2D eigenvalue weighted by Crippen LogP contribution is -2.36. The van der Waals surface area contributed by atoms with E-state index in [2.05, 4.69) is 15.0 Å². The van der Waals surface area contributed by atoms with Gasteiger partial charge in [-0.3, -0.25) is 9.20 Å². The van der Waals surface area contributed by atoms with E-state index < -0.39 is 17.8 Å². The van der Waals surface area contributed by atoms with Crippen LogP contribution >= 0.6 is 0 Å². The summed E-state index contributed by atoms with van der Waals surface area (Å²) in [5.41, 5.74) is 7.67. The number of aryl methyl sites for hydroxylation is 1. The van der Waals surface area contributed by atoms with Gasteiger partial charge < -0.3 is 15.4 Å². The van der Waals surface area contributed by atoms with Crippen LogP contribution in [-0.2, 0) is 6.18 Å². The number of alkyl halides is 3. The lowest BCUT2D eigenvalue weighted by Gasteiger charge is -2.26. The Kier molecular flexibility index (Phi) is 4.66. The number of amides is 1. The number of nitrogens with two attached hydrogens (primary N) is 1. The summed E-state index contributed by atoms with van der Waals surface area (Å²) in [6.45, 7) is 3.98. The molecule has 4 aromatic rings. The van der Waals surface area contributed by atoms with E-state index in [1.165, 1.54) is 17.2 Å². The van der Waals surface area contributed by atoms with Crippen molar-refractivity contribution in [2.24, 2.45) is 0 Å². The number of benzene rings is 1. The van der Waals surface area contributed by atoms with Crippen LogP contribution in [0.15, 0.2) is 36.7 Å². The van der Waals surface area contributed by atoms with Crippen molar-refractivity contribution in [3.8, 4) is 5.75 Å². The second-order valence-electron chi connectivity index (χ2n) is 7.75. The molecule has 2 N–H and O–H groups in total. The molecule has 0 unspecified atom stereocenters. The van der Waals surface area contributed by atoms with Gasteiger partial charge in [0.1, 0.15) is 40.7 Å². The maximum absolute atomic E-state index is 13.4. The molecule has 33 heavy (non-hydrogen) atoms. The van der Waals surface area contributed by atoms with Crippen LogP contribution in [0.1, 0.15) is 40.4 Å². The number of halogens is 3. The lowest BCUT2D eigenvalue weighted by atomic mass is 10.0. The fraction of sp³-hybridized carbons (Fsp3) is 0.273. The molecule has 0 fully saturated rings. The standard InChI is InChI=1S/C22H19F3N6O2/c1-3-30(18-10-33-19-6-12(22(23,24)25)4-5-13(18)19)21(32)14-7-16-15(8-28-14)29-20(26)17-9-27-11(2)31(16)17/h4-9,18H,3,10H2,1-2H3,(H2,26,29)/t18-/m1/s1. The predicted octanol–water partition coefficient (Wildman–Crippen LogP) is 3.78. The highest BCUT2D eigenvalue weighted by molar-refractivity contribution is 5.96. The third kappa shape index (κ3) is 3.31. The van der Waals surface area contributed by atoms with Crippen LogP contribution in [0, 0.1) is 6.92 Å². The van der Waals surface area contributed by atoms with E-state index in [-0.39, 0.29) is 24.0 Å². The number of carbonyl (C=O) groups is 1. The van der Waals surface area contributed by atoms with Crippen LogP contribution in [0.4, 0.5) is 19.0 Å². The summed E-state index contributed by atoms with van der Waals surface area (Å²) in [6.07, 6.45) is -1.39. The largest absolute Gasteiger partial charge is 0.491 e. The lowest BCUT2D eigenvalue weighted by molar-refractivity contribution is -0.137. The van der Waals surface area contributed by atoms with Crippen LogP contribution < -0.4 is 10.5 Å². The number of fused-ring (bicyclic) bond motifs is 4. The van der Waals surface area contributed by atoms with E-state index >= 15 is 0 Å². The van der Waals surface area contributed by atoms with Gasteiger partial charge in [-0.1, -0.05) is 6.07 Å². The molecule has 4 heterocycles. The highest BCUT2D eigenvalue weighted by Gasteiger charge is 2.36. The first-order valence-corrected chi connectivity index (χ1v) is 10.2. The fourth-order valence-corrected chi connectivity index (χ4v) is 4.22. The number of pyridine rings is 1. The normalized spacial score (nSPS) is 15.6. The Balaban J connectivity index is 1.54. The van der Waals surface area contributed by atoms with Crippen molar-refractivity contribution in [1.29, 1.82) is 0 Å². The molecular weight excluding hydrogens is 437 g/mol. The van der Waals surface area contributed by atoms with Crippen LogP contribution in [0.25, 0.3) is 16.6 Å². The minimum absolute atomic E-state index is 0.0623. The number of rotatable bonds is 3. The molecule has 0 spiro atoms. The minimum Gasteiger partial charge on any atom is -0.491 e. The number of hydrogen-bond donors (Lipinski definition) is 1. The van der Waals surface area contributed by atoms with Gasteiger partial charge in [0.05, 0.1) is 29.5 Å². The summed E-state index contributed by atoms with van der Waals surface area (Å²) in [7, 11) is 0. The molecule has 0 bridgehead atoms. The third-order valence-electron chi connectivity index (χ3n) is 5.84. The van der Waals surface area contributed by atoms with E-state index in [1.807, 2.05) is 6.92 Å². The van der Waals surface area contributed by atoms with Crippen molar-refractivity contribution in [2.75, 3.05) is 18.9 Å². The Morgan fingerprint density at radius 1 is 1.24 bits per heavy atom. The molecule has 0 radical (unpaired) electrons. The van der Waals surface area contributed by atoms with Crippen molar-refractivity contribution in [2.45, 2.75) is 26.1 Å². The third-order valence-corrected chi connectivity index (χ3v) is 5.84. The second-order valence-corrected chi connectivity index (χ2v) is 7.75. The molecule has 1 aliphatic rings. The molecule has 1 aromatic carbocycles. The molecule has 1 aliphatic heterocycles. The highest BCUT2D eigenvalue weighted by Crippen LogP contribution is 2.40. The van der Waals surface area contributed by atoms with Crippen molar-refractivity contribution in [3.05, 3.63) is 59.3 Å². The average Bonchev–Trinajstić information content (AvgIpc) is 3.38. The van der Waals surface area contributed by atoms with Crippen molar-refractivity contribution < 1.29 is 22.7 Å². The zero-order valence-electron chi connectivity index (χ0n) is 17.7. The number of hydrogen-bond acceptors (Lipinski definition) is 6. The zero-order valence-corrected chi connectivity index (χ0v) is 17.7. The van der Waals surface area contributed by atoms with Gasteiger partial charge in [-0.25, -0.2) is 15.0 Å². The first kappa shape index (κ1) is 21.0. The van der Waals surface area contributed by atoms with Gasteiger partial charge >= 0.3 is 6.18 Å². The molecule has 1 atom stereocenters. The molecule has 0 aliphatic carbocycles. The number of imidazole rings is 1. The van der Waals surface area contributed by atoms with Gasteiger partial charge in [-0.2, -0.15) is 13.2 Å². The predicted molar refractivity (Wildman–Crippen MR) is 114 cm³/mol. The summed E-state index contributed by atoms with van der Waals surface area (Å²) in [5, 5.41) is 0. The molecule has 0 saturated heterocycles. The molecule has 3 aromatic heterocycles. The zero-order chi connectivity index (χ0) is 23.5. The van der Waals surface area contributed by atoms with Crippen LogP contribution in [-0.4, -0.2) is 43.3 Å². The van der Waals surface area contributed by atoms with Gasteiger partial charge in [-0.05, 0) is 32.0 Å². The van der Waals surface area contributed by atoms with Crippen molar-refractivity contribution in [1.82, 2.24) is 24.3 Å². The SMILES string of the molecule is CCN(C(=O)c1cc2c(cn1)nc(N)c1cnc(C)n12)[C@@H]1COc2cc(C(F)(F)F)ccc21. The minimum atomic E-state index is -4.47. The summed E-state index contributed by atoms with van der Waals surface area (Å²) in [4.78, 5) is 27.9. The Morgan fingerprint density at radius 3 is 2.76 bits per heavy atom. The van der Waals surface area contributed by atoms with Gasteiger partial charge in [-0.15, -0.1) is 0 Å². The Morgan fingerprint density at radius 2 is 2.03 bits per heavy atom. The summed E-state index contributed by atoms with van der Waals surface area (Å²) in [6, 6.07) is 4.43. The van der Waals surface area contributed by atoms with E-state index in [0.717, 1.165) is 12.1 Å². The molecule has 0 saturated carbocycles. The molecule has 170 valence electrons. The number of ether oxygens (including phenoxy) is 1. The quantitative estimate of drug-likeness (QED) is 0.504. The fourth-order valence-electron chi connectivity index (χ4n) is 4.22. The summed E-state index contributed by atoms with van der Waals surface area (Å²) < 4.78 is 46.5. The highest BCUT2D eigenvalue weighted by atomic mass is 19.4. The molecule has 5 rings (SSSR count).